The van der Waals surface area contributed by atoms with Gasteiger partial charge in [-0.3, -0.25) is 4.79 Å². The summed E-state index contributed by atoms with van der Waals surface area (Å²) in [5, 5.41) is 4.05. The minimum atomic E-state index is -0.181. The van der Waals surface area contributed by atoms with Crippen LogP contribution in [0, 0.1) is 0 Å². The van der Waals surface area contributed by atoms with E-state index in [1.807, 2.05) is 49.4 Å². The van der Waals surface area contributed by atoms with E-state index in [-0.39, 0.29) is 11.7 Å². The van der Waals surface area contributed by atoms with Crippen molar-refractivity contribution in [3.8, 4) is 11.5 Å². The van der Waals surface area contributed by atoms with Crippen LogP contribution in [0.4, 0.5) is 0 Å². The van der Waals surface area contributed by atoms with Gasteiger partial charge in [0.25, 0.3) is 5.91 Å². The van der Waals surface area contributed by atoms with Crippen molar-refractivity contribution in [2.75, 3.05) is 19.0 Å². The first-order chi connectivity index (χ1) is 14.7. The number of rotatable bonds is 11. The number of thiazole rings is 1. The van der Waals surface area contributed by atoms with Crippen molar-refractivity contribution in [2.45, 2.75) is 31.0 Å². The van der Waals surface area contributed by atoms with Crippen molar-refractivity contribution in [3.05, 3.63) is 48.0 Å². The van der Waals surface area contributed by atoms with Crippen molar-refractivity contribution in [1.29, 1.82) is 0 Å². The van der Waals surface area contributed by atoms with Crippen LogP contribution in [0.25, 0.3) is 10.2 Å². The predicted molar refractivity (Wildman–Crippen MR) is 124 cm³/mol. The molecule has 0 aliphatic heterocycles. The lowest BCUT2D eigenvalue weighted by molar-refractivity contribution is -0.118. The zero-order valence-corrected chi connectivity index (χ0v) is 18.7. The Bertz CT molecular complexity index is 971. The van der Waals surface area contributed by atoms with Gasteiger partial charge in [-0.15, -0.1) is 11.3 Å². The van der Waals surface area contributed by atoms with Gasteiger partial charge in [-0.2, -0.15) is 5.10 Å². The summed E-state index contributed by atoms with van der Waals surface area (Å²) in [7, 11) is 0. The third-order valence-corrected chi connectivity index (χ3v) is 6.21. The lowest BCUT2D eigenvalue weighted by atomic mass is 10.2. The van der Waals surface area contributed by atoms with Crippen LogP contribution >= 0.6 is 23.1 Å². The fourth-order valence-electron chi connectivity index (χ4n) is 2.57. The number of carbonyl (C=O) groups is 1. The summed E-state index contributed by atoms with van der Waals surface area (Å²) in [5.41, 5.74) is 4.33. The average Bonchev–Trinajstić information content (AvgIpc) is 3.17. The quantitative estimate of drug-likeness (QED) is 0.193. The van der Waals surface area contributed by atoms with Crippen molar-refractivity contribution >= 4 is 45.4 Å². The Labute approximate surface area is 184 Å². The van der Waals surface area contributed by atoms with Crippen LogP contribution in [-0.4, -0.2) is 36.1 Å². The number of fused-ring (bicyclic) bond motifs is 1. The van der Waals surface area contributed by atoms with Crippen LogP contribution in [0.2, 0.25) is 0 Å². The Hall–Kier alpha value is -2.58. The second kappa shape index (κ2) is 11.6. The molecule has 0 fully saturated rings. The molecule has 0 saturated carbocycles. The van der Waals surface area contributed by atoms with E-state index in [2.05, 4.69) is 22.4 Å². The van der Waals surface area contributed by atoms with Gasteiger partial charge in [0.1, 0.15) is 0 Å². The largest absolute Gasteiger partial charge is 0.490 e. The van der Waals surface area contributed by atoms with Crippen molar-refractivity contribution < 1.29 is 14.3 Å². The van der Waals surface area contributed by atoms with Gasteiger partial charge in [-0.05, 0) is 49.2 Å². The molecule has 1 amide bonds. The van der Waals surface area contributed by atoms with E-state index >= 15 is 0 Å². The van der Waals surface area contributed by atoms with Crippen LogP contribution in [-0.2, 0) is 4.79 Å². The average molecular weight is 444 g/mol. The molecule has 0 unspecified atom stereocenters. The summed E-state index contributed by atoms with van der Waals surface area (Å²) in [5.74, 6) is 1.47. The van der Waals surface area contributed by atoms with Gasteiger partial charge in [0.2, 0.25) is 0 Å². The van der Waals surface area contributed by atoms with E-state index in [1.54, 1.807) is 17.6 Å². The molecule has 2 aromatic carbocycles. The Balaban J connectivity index is 1.51. The molecular weight excluding hydrogens is 418 g/mol. The number of nitrogens with one attached hydrogen (secondary N) is 1. The lowest BCUT2D eigenvalue weighted by Gasteiger charge is -2.12. The maximum Gasteiger partial charge on any atom is 0.250 e. The summed E-state index contributed by atoms with van der Waals surface area (Å²) in [6.45, 7) is 5.26. The zero-order chi connectivity index (χ0) is 21.2. The van der Waals surface area contributed by atoms with E-state index in [9.17, 15) is 4.79 Å². The van der Waals surface area contributed by atoms with Gasteiger partial charge in [-0.1, -0.05) is 37.2 Å². The minimum absolute atomic E-state index is 0.181. The SMILES string of the molecule is CCCCOc1ccc(/C=N/NC(=O)CSc2nc3ccccc3s2)cc1OCC. The summed E-state index contributed by atoms with van der Waals surface area (Å²) in [6, 6.07) is 13.5. The fraction of sp³-hybridized carbons (Fsp3) is 0.318. The number of hydrazone groups is 1. The van der Waals surface area contributed by atoms with Gasteiger partial charge in [0.15, 0.2) is 15.8 Å². The molecule has 0 aliphatic carbocycles. The van der Waals surface area contributed by atoms with Crippen molar-refractivity contribution in [1.82, 2.24) is 10.4 Å². The first-order valence-corrected chi connectivity index (χ1v) is 11.7. The highest BCUT2D eigenvalue weighted by Crippen LogP contribution is 2.29. The number of aromatic nitrogens is 1. The number of nitrogens with zero attached hydrogens (tertiary/aromatic N) is 2. The molecule has 0 atom stereocenters. The topological polar surface area (TPSA) is 72.8 Å². The zero-order valence-electron chi connectivity index (χ0n) is 17.1. The van der Waals surface area contributed by atoms with E-state index in [4.69, 9.17) is 9.47 Å². The molecule has 1 heterocycles. The molecule has 0 bridgehead atoms. The summed E-state index contributed by atoms with van der Waals surface area (Å²) < 4.78 is 13.4. The fourth-order valence-corrected chi connectivity index (χ4v) is 4.43. The standard InChI is InChI=1S/C22H25N3O3S2/c1-3-5-12-28-18-11-10-16(13-19(18)27-4-2)14-23-25-21(26)15-29-22-24-17-8-6-7-9-20(17)30-22/h6-11,13-14H,3-5,12,15H2,1-2H3,(H,25,26)/b23-14+. The van der Waals surface area contributed by atoms with Crippen molar-refractivity contribution in [2.24, 2.45) is 5.10 Å². The number of benzene rings is 2. The van der Waals surface area contributed by atoms with E-state index in [0.29, 0.717) is 19.0 Å². The van der Waals surface area contributed by atoms with Crippen LogP contribution in [0.3, 0.4) is 0 Å². The molecule has 0 saturated heterocycles. The van der Waals surface area contributed by atoms with Gasteiger partial charge in [-0.25, -0.2) is 10.4 Å². The van der Waals surface area contributed by atoms with Crippen molar-refractivity contribution in [3.63, 3.8) is 0 Å². The third-order valence-electron chi connectivity index (χ3n) is 4.03. The normalized spacial score (nSPS) is 11.1. The number of carbonyl (C=O) groups excluding carboxylic acids is 1. The Morgan fingerprint density at radius 3 is 2.87 bits per heavy atom. The molecule has 0 radical (unpaired) electrons. The molecule has 6 nitrogen and oxygen atoms in total. The Kier molecular flexibility index (Phi) is 8.53. The molecule has 8 heteroatoms. The van der Waals surface area contributed by atoms with Crippen LogP contribution < -0.4 is 14.9 Å². The molecule has 3 rings (SSSR count). The predicted octanol–water partition coefficient (Wildman–Crippen LogP) is 5.12. The number of amides is 1. The lowest BCUT2D eigenvalue weighted by Crippen LogP contribution is -2.19. The number of para-hydroxylation sites is 1. The monoisotopic (exact) mass is 443 g/mol. The van der Waals surface area contributed by atoms with E-state index in [0.717, 1.165) is 38.7 Å². The molecule has 158 valence electrons. The molecule has 30 heavy (non-hydrogen) atoms. The van der Waals surface area contributed by atoms with Gasteiger partial charge < -0.3 is 9.47 Å². The number of hydrogen-bond acceptors (Lipinski definition) is 7. The second-order valence-electron chi connectivity index (χ2n) is 6.37. The van der Waals surface area contributed by atoms with Crippen LogP contribution in [0.1, 0.15) is 32.3 Å². The summed E-state index contributed by atoms with van der Waals surface area (Å²) in [6.07, 6.45) is 3.67. The first kappa shape index (κ1) is 22.1. The minimum Gasteiger partial charge on any atom is -0.490 e. The molecule has 1 aromatic heterocycles. The second-order valence-corrected chi connectivity index (χ2v) is 8.62. The maximum atomic E-state index is 12.1. The number of thioether (sulfide) groups is 1. The van der Waals surface area contributed by atoms with Gasteiger partial charge >= 0.3 is 0 Å². The summed E-state index contributed by atoms with van der Waals surface area (Å²) in [4.78, 5) is 16.6. The Morgan fingerprint density at radius 1 is 1.20 bits per heavy atom. The number of unbranched alkanes of at least 4 members (excludes halogenated alkanes) is 1. The summed E-state index contributed by atoms with van der Waals surface area (Å²) >= 11 is 2.99. The van der Waals surface area contributed by atoms with Gasteiger partial charge in [0.05, 0.1) is 35.4 Å². The number of ether oxygens (including phenoxy) is 2. The smallest absolute Gasteiger partial charge is 0.250 e. The highest BCUT2D eigenvalue weighted by Gasteiger charge is 2.08. The molecule has 3 aromatic rings. The van der Waals surface area contributed by atoms with E-state index < -0.39 is 0 Å². The molecule has 0 aliphatic rings. The Morgan fingerprint density at radius 2 is 2.07 bits per heavy atom. The third kappa shape index (κ3) is 6.47. The van der Waals surface area contributed by atoms with Crippen LogP contribution in [0.15, 0.2) is 51.9 Å². The highest BCUT2D eigenvalue weighted by atomic mass is 32.2. The molecule has 0 spiro atoms. The maximum absolute atomic E-state index is 12.1. The highest BCUT2D eigenvalue weighted by molar-refractivity contribution is 8.01. The number of hydrogen-bond donors (Lipinski definition) is 1. The van der Waals surface area contributed by atoms with Gasteiger partial charge in [0, 0.05) is 0 Å². The van der Waals surface area contributed by atoms with Crippen LogP contribution in [0.5, 0.6) is 11.5 Å². The first-order valence-electron chi connectivity index (χ1n) is 9.89. The molecule has 1 N–H and O–H groups in total. The van der Waals surface area contributed by atoms with E-state index in [1.165, 1.54) is 11.8 Å². The molecular formula is C22H25N3O3S2.